The van der Waals surface area contributed by atoms with Crippen molar-refractivity contribution in [2.75, 3.05) is 0 Å². The summed E-state index contributed by atoms with van der Waals surface area (Å²) in [6, 6.07) is 0.0889. The number of nitrogens with zero attached hydrogens (tertiary/aromatic N) is 4. The van der Waals surface area contributed by atoms with Crippen molar-refractivity contribution in [1.29, 1.82) is 0 Å². The van der Waals surface area contributed by atoms with E-state index in [1.807, 2.05) is 25.3 Å². The molecule has 4 rings (SSSR count). The average molecular weight is 447 g/mol. The van der Waals surface area contributed by atoms with Gasteiger partial charge in [-0.25, -0.2) is 4.98 Å². The van der Waals surface area contributed by atoms with Gasteiger partial charge in [-0.1, -0.05) is 45.9 Å². The van der Waals surface area contributed by atoms with Gasteiger partial charge >= 0.3 is 0 Å². The predicted octanol–water partition coefficient (Wildman–Crippen LogP) is 5.67. The van der Waals surface area contributed by atoms with Gasteiger partial charge in [0.15, 0.2) is 5.16 Å². The van der Waals surface area contributed by atoms with Crippen molar-refractivity contribution in [1.82, 2.24) is 19.7 Å². The molecule has 0 fully saturated rings. The highest BCUT2D eigenvalue weighted by molar-refractivity contribution is 7.98. The molecule has 0 aliphatic heterocycles. The van der Waals surface area contributed by atoms with Gasteiger partial charge < -0.3 is 4.42 Å². The Morgan fingerprint density at radius 2 is 1.97 bits per heavy atom. The first-order chi connectivity index (χ1) is 14.3. The van der Waals surface area contributed by atoms with Crippen LogP contribution in [0.2, 0.25) is 0 Å². The third-order valence-electron chi connectivity index (χ3n) is 5.70. The Kier molecular flexibility index (Phi) is 6.08. The van der Waals surface area contributed by atoms with Gasteiger partial charge in [0.05, 0.1) is 11.1 Å². The summed E-state index contributed by atoms with van der Waals surface area (Å²) in [5, 5.41) is 9.97. The molecular weight excluding hydrogens is 416 g/mol. The largest absolute Gasteiger partial charge is 0.424 e. The van der Waals surface area contributed by atoms with Crippen LogP contribution in [0.25, 0.3) is 10.2 Å². The molecule has 30 heavy (non-hydrogen) atoms. The van der Waals surface area contributed by atoms with Crippen LogP contribution in [0.5, 0.6) is 0 Å². The van der Waals surface area contributed by atoms with Crippen LogP contribution in [0.15, 0.2) is 14.4 Å². The van der Waals surface area contributed by atoms with Gasteiger partial charge in [0, 0.05) is 16.3 Å². The summed E-state index contributed by atoms with van der Waals surface area (Å²) in [6.45, 7) is 10.4. The van der Waals surface area contributed by atoms with Crippen LogP contribution in [0, 0.1) is 0 Å². The number of aromatic nitrogens is 4. The fourth-order valence-electron chi connectivity index (χ4n) is 3.79. The standard InChI is InChI=1S/C22H30N4O2S2/c1-6-13(2)26-19(27)17-14-10-8-7-9-11-15(14)30-18(17)23-21(26)29-12-16-24-25-20(28-16)22(3,4)5/h13H,6-12H2,1-5H3/t13-/m1/s1. The minimum atomic E-state index is -0.180. The summed E-state index contributed by atoms with van der Waals surface area (Å²) in [5.74, 6) is 1.70. The lowest BCUT2D eigenvalue weighted by Gasteiger charge is -2.17. The highest BCUT2D eigenvalue weighted by atomic mass is 32.2. The zero-order valence-corrected chi connectivity index (χ0v) is 20.1. The molecule has 1 aliphatic carbocycles. The summed E-state index contributed by atoms with van der Waals surface area (Å²) in [5.41, 5.74) is 1.18. The molecule has 0 saturated carbocycles. The van der Waals surface area contributed by atoms with Gasteiger partial charge in [-0.3, -0.25) is 9.36 Å². The molecule has 1 atom stereocenters. The van der Waals surface area contributed by atoms with Gasteiger partial charge in [-0.2, -0.15) is 0 Å². The van der Waals surface area contributed by atoms with E-state index in [-0.39, 0.29) is 17.0 Å². The molecule has 162 valence electrons. The van der Waals surface area contributed by atoms with E-state index in [2.05, 4.69) is 24.0 Å². The maximum absolute atomic E-state index is 13.6. The lowest BCUT2D eigenvalue weighted by molar-refractivity contribution is 0.378. The zero-order chi connectivity index (χ0) is 21.5. The van der Waals surface area contributed by atoms with E-state index in [4.69, 9.17) is 9.40 Å². The molecule has 8 heteroatoms. The minimum absolute atomic E-state index is 0.0889. The van der Waals surface area contributed by atoms with Gasteiger partial charge in [0.2, 0.25) is 11.8 Å². The van der Waals surface area contributed by atoms with Crippen molar-refractivity contribution < 1.29 is 4.42 Å². The third kappa shape index (κ3) is 4.08. The number of hydrogen-bond acceptors (Lipinski definition) is 7. The van der Waals surface area contributed by atoms with Crippen LogP contribution >= 0.6 is 23.1 Å². The van der Waals surface area contributed by atoms with E-state index < -0.39 is 0 Å². The Morgan fingerprint density at radius 1 is 1.20 bits per heavy atom. The van der Waals surface area contributed by atoms with Crippen LogP contribution in [0.4, 0.5) is 0 Å². The number of thioether (sulfide) groups is 1. The SMILES string of the molecule is CC[C@@H](C)n1c(SCc2nnc(C(C)(C)C)o2)nc2sc3c(c2c1=O)CCCCC3. The van der Waals surface area contributed by atoms with Crippen molar-refractivity contribution in [2.24, 2.45) is 0 Å². The Labute approximate surface area is 185 Å². The molecule has 3 heterocycles. The summed E-state index contributed by atoms with van der Waals surface area (Å²) in [7, 11) is 0. The monoisotopic (exact) mass is 446 g/mol. The van der Waals surface area contributed by atoms with Crippen molar-refractivity contribution in [3.05, 3.63) is 32.6 Å². The molecule has 0 unspecified atom stereocenters. The predicted molar refractivity (Wildman–Crippen MR) is 123 cm³/mol. The summed E-state index contributed by atoms with van der Waals surface area (Å²) >= 11 is 3.22. The second-order valence-corrected chi connectivity index (χ2v) is 11.1. The maximum Gasteiger partial charge on any atom is 0.263 e. The number of aryl methyl sites for hydroxylation is 2. The smallest absolute Gasteiger partial charge is 0.263 e. The molecule has 3 aromatic rings. The fraction of sp³-hybridized carbons (Fsp3) is 0.636. The molecular formula is C22H30N4O2S2. The van der Waals surface area contributed by atoms with Gasteiger partial charge in [-0.15, -0.1) is 21.5 Å². The Morgan fingerprint density at radius 3 is 2.67 bits per heavy atom. The molecule has 0 saturated heterocycles. The summed E-state index contributed by atoms with van der Waals surface area (Å²) in [6.07, 6.45) is 6.54. The van der Waals surface area contributed by atoms with E-state index in [1.165, 1.54) is 35.0 Å². The van der Waals surface area contributed by atoms with Crippen LogP contribution in [-0.2, 0) is 24.0 Å². The van der Waals surface area contributed by atoms with Gasteiger partial charge in [0.25, 0.3) is 5.56 Å². The number of rotatable bonds is 5. The highest BCUT2D eigenvalue weighted by Gasteiger charge is 2.24. The van der Waals surface area contributed by atoms with E-state index in [0.29, 0.717) is 17.5 Å². The number of thiophene rings is 1. The van der Waals surface area contributed by atoms with Crippen LogP contribution in [0.1, 0.15) is 88.6 Å². The van der Waals surface area contributed by atoms with E-state index in [0.717, 1.165) is 41.1 Å². The Balaban J connectivity index is 1.73. The lowest BCUT2D eigenvalue weighted by Crippen LogP contribution is -2.26. The Bertz CT molecular complexity index is 1110. The molecule has 1 aliphatic rings. The van der Waals surface area contributed by atoms with Crippen LogP contribution in [0.3, 0.4) is 0 Å². The summed E-state index contributed by atoms with van der Waals surface area (Å²) in [4.78, 5) is 20.8. The molecule has 3 aromatic heterocycles. The second kappa shape index (κ2) is 8.46. The van der Waals surface area contributed by atoms with E-state index in [9.17, 15) is 4.79 Å². The topological polar surface area (TPSA) is 73.8 Å². The zero-order valence-electron chi connectivity index (χ0n) is 18.4. The molecule has 0 spiro atoms. The number of hydrogen-bond donors (Lipinski definition) is 0. The molecule has 0 radical (unpaired) electrons. The third-order valence-corrected chi connectivity index (χ3v) is 7.83. The van der Waals surface area contributed by atoms with Gasteiger partial charge in [0.1, 0.15) is 4.83 Å². The first-order valence-corrected chi connectivity index (χ1v) is 12.6. The normalized spacial score (nSPS) is 15.9. The van der Waals surface area contributed by atoms with Crippen LogP contribution in [-0.4, -0.2) is 19.7 Å². The first kappa shape index (κ1) is 21.6. The van der Waals surface area contributed by atoms with Crippen molar-refractivity contribution in [3.63, 3.8) is 0 Å². The van der Waals surface area contributed by atoms with Crippen LogP contribution < -0.4 is 5.56 Å². The first-order valence-electron chi connectivity index (χ1n) is 10.8. The number of fused-ring (bicyclic) bond motifs is 3. The molecule has 0 amide bonds. The minimum Gasteiger partial charge on any atom is -0.424 e. The molecule has 0 bridgehead atoms. The fourth-order valence-corrected chi connectivity index (χ4v) is 6.03. The van der Waals surface area contributed by atoms with E-state index >= 15 is 0 Å². The van der Waals surface area contributed by atoms with Crippen molar-refractivity contribution >= 4 is 33.3 Å². The average Bonchev–Trinajstić information content (AvgIpc) is 3.24. The van der Waals surface area contributed by atoms with Crippen molar-refractivity contribution in [3.8, 4) is 0 Å². The van der Waals surface area contributed by atoms with E-state index in [1.54, 1.807) is 11.3 Å². The summed E-state index contributed by atoms with van der Waals surface area (Å²) < 4.78 is 7.72. The quantitative estimate of drug-likeness (QED) is 0.285. The highest BCUT2D eigenvalue weighted by Crippen LogP contribution is 2.35. The molecule has 0 aromatic carbocycles. The molecule has 6 nitrogen and oxygen atoms in total. The Hall–Kier alpha value is -1.67. The molecule has 0 N–H and O–H groups in total. The maximum atomic E-state index is 13.6. The lowest BCUT2D eigenvalue weighted by atomic mass is 9.97. The van der Waals surface area contributed by atoms with Gasteiger partial charge in [-0.05, 0) is 44.6 Å². The van der Waals surface area contributed by atoms with Crippen molar-refractivity contribution in [2.45, 2.75) is 95.5 Å². The second-order valence-electron chi connectivity index (χ2n) is 9.11.